The molecule has 1 aromatic carbocycles. The number of hydrogen-bond acceptors (Lipinski definition) is 5. The van der Waals surface area contributed by atoms with Crippen LogP contribution in [-0.2, 0) is 20.9 Å². The van der Waals surface area contributed by atoms with Crippen LogP contribution in [0.5, 0.6) is 0 Å². The van der Waals surface area contributed by atoms with Crippen molar-refractivity contribution in [3.8, 4) is 0 Å². The van der Waals surface area contributed by atoms with Crippen LogP contribution in [-0.4, -0.2) is 30.4 Å². The molecule has 0 fully saturated rings. The quantitative estimate of drug-likeness (QED) is 0.743. The Morgan fingerprint density at radius 1 is 1.16 bits per heavy atom. The molecular weight excluding hydrogens is 324 g/mol. The van der Waals surface area contributed by atoms with E-state index in [9.17, 15) is 14.4 Å². The standard InChI is InChI=1S/C18H20N2O5/c1-12-6-3-4-7-14(12)10-19-16(21)11-25-18(23)13(2)20-17(22)15-8-5-9-24-15/h3-9,13H,10-11H2,1-2H3,(H,19,21)(H,20,22)/t13-/m0/s1. The summed E-state index contributed by atoms with van der Waals surface area (Å²) in [5.41, 5.74) is 2.05. The first-order chi connectivity index (χ1) is 12.0. The maximum atomic E-state index is 11.8. The molecule has 7 heteroatoms. The number of hydrogen-bond donors (Lipinski definition) is 2. The number of ether oxygens (including phenoxy) is 1. The number of aryl methyl sites for hydroxylation is 1. The van der Waals surface area contributed by atoms with E-state index in [1.54, 1.807) is 6.07 Å². The monoisotopic (exact) mass is 344 g/mol. The topological polar surface area (TPSA) is 97.6 Å². The summed E-state index contributed by atoms with van der Waals surface area (Å²) < 4.78 is 9.84. The van der Waals surface area contributed by atoms with Gasteiger partial charge in [0.2, 0.25) is 0 Å². The Hall–Kier alpha value is -3.09. The molecule has 2 amide bonds. The van der Waals surface area contributed by atoms with Gasteiger partial charge in [0.05, 0.1) is 6.26 Å². The summed E-state index contributed by atoms with van der Waals surface area (Å²) in [5.74, 6) is -1.55. The number of carbonyl (C=O) groups excluding carboxylic acids is 3. The van der Waals surface area contributed by atoms with Gasteiger partial charge in [0.15, 0.2) is 12.4 Å². The van der Waals surface area contributed by atoms with E-state index in [1.165, 1.54) is 19.3 Å². The second kappa shape index (κ2) is 8.68. The van der Waals surface area contributed by atoms with Crippen molar-refractivity contribution in [2.75, 3.05) is 6.61 Å². The lowest BCUT2D eigenvalue weighted by Crippen LogP contribution is -2.40. The Labute approximate surface area is 145 Å². The molecular formula is C18H20N2O5. The van der Waals surface area contributed by atoms with Crippen LogP contribution in [0, 0.1) is 6.92 Å². The maximum Gasteiger partial charge on any atom is 0.328 e. The van der Waals surface area contributed by atoms with E-state index in [2.05, 4.69) is 10.6 Å². The van der Waals surface area contributed by atoms with Gasteiger partial charge in [-0.05, 0) is 37.1 Å². The highest BCUT2D eigenvalue weighted by atomic mass is 16.5. The highest BCUT2D eigenvalue weighted by Gasteiger charge is 2.20. The lowest BCUT2D eigenvalue weighted by atomic mass is 10.1. The van der Waals surface area contributed by atoms with Gasteiger partial charge in [0.1, 0.15) is 6.04 Å². The fourth-order valence-electron chi connectivity index (χ4n) is 2.05. The molecule has 0 unspecified atom stereocenters. The molecule has 0 bridgehead atoms. The SMILES string of the molecule is Cc1ccccc1CNC(=O)COC(=O)[C@H](C)NC(=O)c1ccco1. The third-order valence-corrected chi connectivity index (χ3v) is 3.53. The number of nitrogens with one attached hydrogen (secondary N) is 2. The van der Waals surface area contributed by atoms with Crippen LogP contribution < -0.4 is 10.6 Å². The lowest BCUT2D eigenvalue weighted by molar-refractivity contribution is -0.150. The molecule has 2 N–H and O–H groups in total. The molecule has 0 saturated heterocycles. The first-order valence-corrected chi connectivity index (χ1v) is 7.79. The molecule has 0 saturated carbocycles. The average Bonchev–Trinajstić information content (AvgIpc) is 3.13. The van der Waals surface area contributed by atoms with Gasteiger partial charge < -0.3 is 19.8 Å². The third kappa shape index (κ3) is 5.49. The lowest BCUT2D eigenvalue weighted by Gasteiger charge is -2.13. The second-order valence-corrected chi connectivity index (χ2v) is 5.48. The molecule has 1 atom stereocenters. The number of esters is 1. The molecule has 2 rings (SSSR count). The van der Waals surface area contributed by atoms with E-state index in [0.717, 1.165) is 11.1 Å². The molecule has 0 aliphatic carbocycles. The molecule has 0 spiro atoms. The van der Waals surface area contributed by atoms with Gasteiger partial charge in [-0.1, -0.05) is 24.3 Å². The number of rotatable bonds is 7. The van der Waals surface area contributed by atoms with E-state index < -0.39 is 30.4 Å². The van der Waals surface area contributed by atoms with Gasteiger partial charge >= 0.3 is 5.97 Å². The Kier molecular flexibility index (Phi) is 6.33. The predicted octanol–water partition coefficient (Wildman–Crippen LogP) is 1.57. The van der Waals surface area contributed by atoms with Crippen molar-refractivity contribution in [1.29, 1.82) is 0 Å². The van der Waals surface area contributed by atoms with Gasteiger partial charge in [-0.2, -0.15) is 0 Å². The van der Waals surface area contributed by atoms with Gasteiger partial charge in [0.25, 0.3) is 11.8 Å². The number of carbonyl (C=O) groups is 3. The molecule has 0 radical (unpaired) electrons. The van der Waals surface area contributed by atoms with Crippen molar-refractivity contribution in [2.45, 2.75) is 26.4 Å². The molecule has 0 aliphatic rings. The highest BCUT2D eigenvalue weighted by molar-refractivity contribution is 5.94. The van der Waals surface area contributed by atoms with Crippen molar-refractivity contribution in [3.05, 3.63) is 59.5 Å². The minimum atomic E-state index is -0.901. The molecule has 25 heavy (non-hydrogen) atoms. The normalized spacial score (nSPS) is 11.4. The molecule has 0 aliphatic heterocycles. The van der Waals surface area contributed by atoms with Crippen molar-refractivity contribution in [3.63, 3.8) is 0 Å². The summed E-state index contributed by atoms with van der Waals surface area (Å²) in [6.45, 7) is 3.36. The number of amides is 2. The average molecular weight is 344 g/mol. The second-order valence-electron chi connectivity index (χ2n) is 5.48. The van der Waals surface area contributed by atoms with E-state index in [0.29, 0.717) is 6.54 Å². The van der Waals surface area contributed by atoms with Gasteiger partial charge in [-0.3, -0.25) is 9.59 Å². The largest absolute Gasteiger partial charge is 0.459 e. The van der Waals surface area contributed by atoms with Crippen LogP contribution in [0.1, 0.15) is 28.6 Å². The maximum absolute atomic E-state index is 11.8. The fourth-order valence-corrected chi connectivity index (χ4v) is 2.05. The van der Waals surface area contributed by atoms with Gasteiger partial charge in [-0.15, -0.1) is 0 Å². The summed E-state index contributed by atoms with van der Waals surface area (Å²) in [6.07, 6.45) is 1.36. The Balaban J connectivity index is 1.72. The smallest absolute Gasteiger partial charge is 0.328 e. The molecule has 1 heterocycles. The zero-order valence-corrected chi connectivity index (χ0v) is 14.1. The van der Waals surface area contributed by atoms with Gasteiger partial charge in [-0.25, -0.2) is 4.79 Å². The van der Waals surface area contributed by atoms with Crippen LogP contribution in [0.4, 0.5) is 0 Å². The number of furan rings is 1. The van der Waals surface area contributed by atoms with E-state index >= 15 is 0 Å². The third-order valence-electron chi connectivity index (χ3n) is 3.53. The zero-order valence-electron chi connectivity index (χ0n) is 14.1. The van der Waals surface area contributed by atoms with E-state index in [-0.39, 0.29) is 5.76 Å². The molecule has 132 valence electrons. The minimum Gasteiger partial charge on any atom is -0.459 e. The van der Waals surface area contributed by atoms with Crippen LogP contribution in [0.2, 0.25) is 0 Å². The highest BCUT2D eigenvalue weighted by Crippen LogP contribution is 2.06. The summed E-state index contributed by atoms with van der Waals surface area (Å²) in [6, 6.07) is 9.81. The Morgan fingerprint density at radius 3 is 2.60 bits per heavy atom. The summed E-state index contributed by atoms with van der Waals surface area (Å²) in [7, 11) is 0. The minimum absolute atomic E-state index is 0.0932. The molecule has 1 aromatic heterocycles. The van der Waals surface area contributed by atoms with Crippen molar-refractivity contribution in [1.82, 2.24) is 10.6 Å². The van der Waals surface area contributed by atoms with Gasteiger partial charge in [0, 0.05) is 6.54 Å². The van der Waals surface area contributed by atoms with Crippen LogP contribution in [0.25, 0.3) is 0 Å². The number of benzene rings is 1. The van der Waals surface area contributed by atoms with E-state index in [1.807, 2.05) is 31.2 Å². The van der Waals surface area contributed by atoms with E-state index in [4.69, 9.17) is 9.15 Å². The summed E-state index contributed by atoms with van der Waals surface area (Å²) in [4.78, 5) is 35.4. The summed E-state index contributed by atoms with van der Waals surface area (Å²) >= 11 is 0. The first-order valence-electron chi connectivity index (χ1n) is 7.79. The zero-order chi connectivity index (χ0) is 18.2. The Morgan fingerprint density at radius 2 is 1.92 bits per heavy atom. The van der Waals surface area contributed by atoms with Crippen molar-refractivity contribution < 1.29 is 23.5 Å². The van der Waals surface area contributed by atoms with Crippen LogP contribution in [0.15, 0.2) is 47.1 Å². The molecule has 2 aromatic rings. The summed E-state index contributed by atoms with van der Waals surface area (Å²) in [5, 5.41) is 5.11. The first kappa shape index (κ1) is 18.3. The predicted molar refractivity (Wildman–Crippen MR) is 89.6 cm³/mol. The van der Waals surface area contributed by atoms with Crippen molar-refractivity contribution >= 4 is 17.8 Å². The molecule has 7 nitrogen and oxygen atoms in total. The Bertz CT molecular complexity index is 740. The van der Waals surface area contributed by atoms with Crippen LogP contribution in [0.3, 0.4) is 0 Å². The van der Waals surface area contributed by atoms with Crippen molar-refractivity contribution in [2.24, 2.45) is 0 Å². The van der Waals surface area contributed by atoms with Crippen LogP contribution >= 0.6 is 0 Å². The fraction of sp³-hybridized carbons (Fsp3) is 0.278.